The number of nitrogen functional groups attached to an aromatic ring is 1. The van der Waals surface area contributed by atoms with Crippen LogP contribution < -0.4 is 16.4 Å². The fourth-order valence-electron chi connectivity index (χ4n) is 1.21. The molecule has 1 aromatic rings. The van der Waals surface area contributed by atoms with Crippen LogP contribution in [0, 0.1) is 6.92 Å². The van der Waals surface area contributed by atoms with E-state index >= 15 is 0 Å². The number of aliphatic hydroxyl groups is 1. The molecule has 0 aromatic heterocycles. The van der Waals surface area contributed by atoms with E-state index in [4.69, 9.17) is 10.8 Å². The lowest BCUT2D eigenvalue weighted by molar-refractivity contribution is -0.136. The largest absolute Gasteiger partial charge is 0.397 e. The molecule has 92 valence electrons. The minimum atomic E-state index is -0.809. The molecule has 0 saturated heterocycles. The summed E-state index contributed by atoms with van der Waals surface area (Å²) in [7, 11) is 0. The minimum Gasteiger partial charge on any atom is -0.397 e. The van der Waals surface area contributed by atoms with Gasteiger partial charge in [0, 0.05) is 6.54 Å². The van der Waals surface area contributed by atoms with E-state index in [9.17, 15) is 9.59 Å². The normalized spacial score (nSPS) is 9.76. The molecule has 0 bridgehead atoms. The first-order valence-corrected chi connectivity index (χ1v) is 5.10. The van der Waals surface area contributed by atoms with E-state index in [0.717, 1.165) is 5.56 Å². The van der Waals surface area contributed by atoms with Crippen LogP contribution in [-0.2, 0) is 9.59 Å². The second kappa shape index (κ2) is 5.86. The highest BCUT2D eigenvalue weighted by Crippen LogP contribution is 2.19. The number of nitrogens with two attached hydrogens (primary N) is 1. The van der Waals surface area contributed by atoms with E-state index in [1.54, 1.807) is 18.2 Å². The van der Waals surface area contributed by atoms with Crippen LogP contribution in [0.1, 0.15) is 5.56 Å². The van der Waals surface area contributed by atoms with E-state index in [-0.39, 0.29) is 13.2 Å². The summed E-state index contributed by atoms with van der Waals surface area (Å²) < 4.78 is 0. The average Bonchev–Trinajstić information content (AvgIpc) is 2.30. The fourth-order valence-corrected chi connectivity index (χ4v) is 1.21. The molecule has 17 heavy (non-hydrogen) atoms. The first-order valence-electron chi connectivity index (χ1n) is 5.10. The number of amides is 2. The van der Waals surface area contributed by atoms with Gasteiger partial charge < -0.3 is 21.5 Å². The summed E-state index contributed by atoms with van der Waals surface area (Å²) in [6, 6.07) is 5.12. The molecule has 2 amide bonds. The second-order valence-electron chi connectivity index (χ2n) is 3.52. The third-order valence-electron chi connectivity index (χ3n) is 2.06. The zero-order chi connectivity index (χ0) is 12.8. The first-order chi connectivity index (χ1) is 8.04. The van der Waals surface area contributed by atoms with Gasteiger partial charge in [0.05, 0.1) is 18.0 Å². The Kier molecular flexibility index (Phi) is 4.47. The lowest BCUT2D eigenvalue weighted by atomic mass is 10.2. The van der Waals surface area contributed by atoms with Crippen molar-refractivity contribution in [2.24, 2.45) is 0 Å². The summed E-state index contributed by atoms with van der Waals surface area (Å²) in [6.45, 7) is 1.67. The summed E-state index contributed by atoms with van der Waals surface area (Å²) in [5, 5.41) is 13.1. The summed E-state index contributed by atoms with van der Waals surface area (Å²) in [5.74, 6) is -1.62. The number of benzene rings is 1. The van der Waals surface area contributed by atoms with Crippen molar-refractivity contribution in [3.63, 3.8) is 0 Å². The maximum atomic E-state index is 11.4. The maximum absolute atomic E-state index is 11.4. The molecular formula is C11H15N3O3. The van der Waals surface area contributed by atoms with Crippen LogP contribution in [0.4, 0.5) is 11.4 Å². The van der Waals surface area contributed by atoms with Gasteiger partial charge in [-0.25, -0.2) is 0 Å². The van der Waals surface area contributed by atoms with Crippen molar-refractivity contribution in [3.8, 4) is 0 Å². The molecular weight excluding hydrogens is 222 g/mol. The Balaban J connectivity index is 2.67. The quantitative estimate of drug-likeness (QED) is 0.425. The Labute approximate surface area is 98.8 Å². The number of hydrogen-bond acceptors (Lipinski definition) is 4. The smallest absolute Gasteiger partial charge is 0.313 e. The monoisotopic (exact) mass is 237 g/mol. The van der Waals surface area contributed by atoms with Crippen LogP contribution in [0.25, 0.3) is 0 Å². The van der Waals surface area contributed by atoms with Crippen molar-refractivity contribution in [2.75, 3.05) is 24.2 Å². The summed E-state index contributed by atoms with van der Waals surface area (Å²) in [6.07, 6.45) is 0. The highest BCUT2D eigenvalue weighted by Gasteiger charge is 2.13. The fraction of sp³-hybridized carbons (Fsp3) is 0.273. The summed E-state index contributed by atoms with van der Waals surface area (Å²) in [5.41, 5.74) is 7.36. The molecule has 0 radical (unpaired) electrons. The molecule has 0 heterocycles. The number of nitrogens with one attached hydrogen (secondary N) is 2. The predicted molar refractivity (Wildman–Crippen MR) is 64.3 cm³/mol. The lowest BCUT2D eigenvalue weighted by Crippen LogP contribution is -2.37. The number of rotatable bonds is 3. The summed E-state index contributed by atoms with van der Waals surface area (Å²) in [4.78, 5) is 22.6. The average molecular weight is 237 g/mol. The Morgan fingerprint density at radius 1 is 1.35 bits per heavy atom. The third-order valence-corrected chi connectivity index (χ3v) is 2.06. The highest BCUT2D eigenvalue weighted by molar-refractivity contribution is 6.39. The van der Waals surface area contributed by atoms with Gasteiger partial charge in [-0.3, -0.25) is 9.59 Å². The lowest BCUT2D eigenvalue weighted by Gasteiger charge is -2.08. The molecule has 0 atom stereocenters. The molecule has 5 N–H and O–H groups in total. The SMILES string of the molecule is Cc1ccc(N)c(NC(=O)C(=O)NCCO)c1. The topological polar surface area (TPSA) is 104 Å². The molecule has 0 aliphatic rings. The number of aryl methyl sites for hydroxylation is 1. The Morgan fingerprint density at radius 3 is 2.71 bits per heavy atom. The van der Waals surface area contributed by atoms with E-state index in [0.29, 0.717) is 11.4 Å². The Hall–Kier alpha value is -2.08. The molecule has 0 aliphatic heterocycles. The van der Waals surface area contributed by atoms with Crippen LogP contribution in [0.2, 0.25) is 0 Å². The van der Waals surface area contributed by atoms with Gasteiger partial charge in [-0.05, 0) is 24.6 Å². The van der Waals surface area contributed by atoms with Gasteiger partial charge in [-0.2, -0.15) is 0 Å². The number of carbonyl (C=O) groups is 2. The van der Waals surface area contributed by atoms with Gasteiger partial charge in [0.2, 0.25) is 0 Å². The van der Waals surface area contributed by atoms with Crippen molar-refractivity contribution in [3.05, 3.63) is 23.8 Å². The zero-order valence-corrected chi connectivity index (χ0v) is 9.49. The van der Waals surface area contributed by atoms with Crippen LogP contribution in [0.15, 0.2) is 18.2 Å². The molecule has 0 saturated carbocycles. The van der Waals surface area contributed by atoms with Crippen LogP contribution >= 0.6 is 0 Å². The van der Waals surface area contributed by atoms with Gasteiger partial charge in [0.25, 0.3) is 0 Å². The van der Waals surface area contributed by atoms with E-state index < -0.39 is 11.8 Å². The van der Waals surface area contributed by atoms with E-state index in [2.05, 4.69) is 10.6 Å². The minimum absolute atomic E-state index is 0.0373. The van der Waals surface area contributed by atoms with Crippen LogP contribution in [0.5, 0.6) is 0 Å². The second-order valence-corrected chi connectivity index (χ2v) is 3.52. The molecule has 6 heteroatoms. The van der Waals surface area contributed by atoms with Crippen LogP contribution in [0.3, 0.4) is 0 Å². The molecule has 0 fully saturated rings. The Bertz CT molecular complexity index is 432. The molecule has 1 aromatic carbocycles. The van der Waals surface area contributed by atoms with E-state index in [1.807, 2.05) is 6.92 Å². The predicted octanol–water partition coefficient (Wildman–Crippen LogP) is -0.376. The number of anilines is 2. The Morgan fingerprint density at radius 2 is 2.06 bits per heavy atom. The van der Waals surface area contributed by atoms with Gasteiger partial charge in [0.15, 0.2) is 0 Å². The van der Waals surface area contributed by atoms with Crippen LogP contribution in [-0.4, -0.2) is 30.1 Å². The van der Waals surface area contributed by atoms with E-state index in [1.165, 1.54) is 0 Å². The van der Waals surface area contributed by atoms with Crippen molar-refractivity contribution in [1.82, 2.24) is 5.32 Å². The maximum Gasteiger partial charge on any atom is 0.313 e. The van der Waals surface area contributed by atoms with Crippen molar-refractivity contribution in [2.45, 2.75) is 6.92 Å². The molecule has 6 nitrogen and oxygen atoms in total. The third kappa shape index (κ3) is 3.76. The van der Waals surface area contributed by atoms with Gasteiger partial charge in [-0.15, -0.1) is 0 Å². The molecule has 0 aliphatic carbocycles. The van der Waals surface area contributed by atoms with Gasteiger partial charge >= 0.3 is 11.8 Å². The van der Waals surface area contributed by atoms with Crippen molar-refractivity contribution in [1.29, 1.82) is 0 Å². The van der Waals surface area contributed by atoms with Gasteiger partial charge in [-0.1, -0.05) is 6.07 Å². The zero-order valence-electron chi connectivity index (χ0n) is 9.49. The number of aliphatic hydroxyl groups excluding tert-OH is 1. The molecule has 0 unspecified atom stereocenters. The van der Waals surface area contributed by atoms with Gasteiger partial charge in [0.1, 0.15) is 0 Å². The summed E-state index contributed by atoms with van der Waals surface area (Å²) >= 11 is 0. The first kappa shape index (κ1) is 13.0. The number of hydrogen-bond donors (Lipinski definition) is 4. The molecule has 1 rings (SSSR count). The number of carbonyl (C=O) groups excluding carboxylic acids is 2. The standard InChI is InChI=1S/C11H15N3O3/c1-7-2-3-8(12)9(6-7)14-11(17)10(16)13-4-5-15/h2-3,6,15H,4-5,12H2,1H3,(H,13,16)(H,14,17). The van der Waals surface area contributed by atoms with Crippen molar-refractivity contribution >= 4 is 23.2 Å². The molecule has 0 spiro atoms. The highest BCUT2D eigenvalue weighted by atomic mass is 16.3. The van der Waals surface area contributed by atoms with Crippen molar-refractivity contribution < 1.29 is 14.7 Å².